The van der Waals surface area contributed by atoms with Crippen molar-refractivity contribution in [2.24, 2.45) is 0 Å². The molecule has 0 unspecified atom stereocenters. The maximum atomic E-state index is 11.8. The number of carbonyl (C=O) groups excluding carboxylic acids is 2. The Labute approximate surface area is 131 Å². The number of benzene rings is 2. The molecule has 4 nitrogen and oxygen atoms in total. The first-order chi connectivity index (χ1) is 9.95. The largest absolute Gasteiger partial charge is 0.318 e. The molecule has 5 heteroatoms. The molecule has 0 saturated carbocycles. The van der Waals surface area contributed by atoms with Crippen LogP contribution >= 0.6 is 15.9 Å². The van der Waals surface area contributed by atoms with E-state index in [1.54, 1.807) is 30.3 Å². The average Bonchev–Trinajstić information content (AvgIpc) is 2.45. The second-order valence-corrected chi connectivity index (χ2v) is 5.63. The predicted octanol–water partition coefficient (Wildman–Crippen LogP) is 3.64. The Morgan fingerprint density at radius 1 is 0.810 bits per heavy atom. The Morgan fingerprint density at radius 3 is 1.90 bits per heavy atom. The molecule has 0 saturated heterocycles. The maximum Gasteiger partial charge on any atom is 0.314 e. The standard InChI is InChI=1S/C16H15BrN2O2/c1-10-3-6-14(9-11(10)2)19-16(21)15(20)18-13-7-4-12(17)5-8-13/h3-9H,1-2H3,(H,18,20)(H,19,21). The molecule has 0 aliphatic heterocycles. The summed E-state index contributed by atoms with van der Waals surface area (Å²) in [5, 5.41) is 5.12. The van der Waals surface area contributed by atoms with Gasteiger partial charge in [-0.3, -0.25) is 9.59 Å². The van der Waals surface area contributed by atoms with Crippen molar-refractivity contribution in [3.63, 3.8) is 0 Å². The summed E-state index contributed by atoms with van der Waals surface area (Å²) in [5.74, 6) is -1.39. The van der Waals surface area contributed by atoms with Gasteiger partial charge in [0.15, 0.2) is 0 Å². The van der Waals surface area contributed by atoms with Crippen molar-refractivity contribution in [1.82, 2.24) is 0 Å². The summed E-state index contributed by atoms with van der Waals surface area (Å²) in [6.45, 7) is 3.94. The number of hydrogen-bond acceptors (Lipinski definition) is 2. The van der Waals surface area contributed by atoms with Gasteiger partial charge in [-0.05, 0) is 61.4 Å². The van der Waals surface area contributed by atoms with Crippen LogP contribution < -0.4 is 10.6 Å². The Hall–Kier alpha value is -2.14. The molecule has 2 N–H and O–H groups in total. The van der Waals surface area contributed by atoms with E-state index in [-0.39, 0.29) is 0 Å². The molecule has 2 rings (SSSR count). The third-order valence-corrected chi connectivity index (χ3v) is 3.60. The smallest absolute Gasteiger partial charge is 0.314 e. The van der Waals surface area contributed by atoms with E-state index in [1.807, 2.05) is 26.0 Å². The van der Waals surface area contributed by atoms with Gasteiger partial charge in [0.1, 0.15) is 0 Å². The second kappa shape index (κ2) is 6.54. The molecule has 0 aliphatic rings. The number of halogens is 1. The zero-order valence-electron chi connectivity index (χ0n) is 11.7. The molecule has 0 aromatic heterocycles. The van der Waals surface area contributed by atoms with Gasteiger partial charge in [-0.2, -0.15) is 0 Å². The zero-order chi connectivity index (χ0) is 15.4. The van der Waals surface area contributed by atoms with Crippen LogP contribution in [0.1, 0.15) is 11.1 Å². The molecule has 0 atom stereocenters. The van der Waals surface area contributed by atoms with Gasteiger partial charge in [-0.25, -0.2) is 0 Å². The van der Waals surface area contributed by atoms with Gasteiger partial charge in [0.25, 0.3) is 0 Å². The van der Waals surface area contributed by atoms with Gasteiger partial charge in [0.05, 0.1) is 0 Å². The Balaban J connectivity index is 2.00. The van der Waals surface area contributed by atoms with Crippen LogP contribution in [0.15, 0.2) is 46.9 Å². The first-order valence-corrected chi connectivity index (χ1v) is 7.20. The third-order valence-electron chi connectivity index (χ3n) is 3.07. The summed E-state index contributed by atoms with van der Waals surface area (Å²) in [6, 6.07) is 12.5. The summed E-state index contributed by atoms with van der Waals surface area (Å²) in [6.07, 6.45) is 0. The van der Waals surface area contributed by atoms with Crippen LogP contribution in [-0.2, 0) is 9.59 Å². The molecule has 2 amide bonds. The van der Waals surface area contributed by atoms with Crippen molar-refractivity contribution < 1.29 is 9.59 Å². The quantitative estimate of drug-likeness (QED) is 0.815. The first kappa shape index (κ1) is 15.3. The maximum absolute atomic E-state index is 11.8. The van der Waals surface area contributed by atoms with Gasteiger partial charge < -0.3 is 10.6 Å². The molecule has 0 radical (unpaired) electrons. The molecule has 0 bridgehead atoms. The van der Waals surface area contributed by atoms with Crippen LogP contribution in [0, 0.1) is 13.8 Å². The van der Waals surface area contributed by atoms with E-state index in [4.69, 9.17) is 0 Å². The highest BCUT2D eigenvalue weighted by atomic mass is 79.9. The van der Waals surface area contributed by atoms with Crippen molar-refractivity contribution in [2.45, 2.75) is 13.8 Å². The van der Waals surface area contributed by atoms with E-state index in [1.165, 1.54) is 0 Å². The van der Waals surface area contributed by atoms with E-state index in [0.717, 1.165) is 15.6 Å². The lowest BCUT2D eigenvalue weighted by Gasteiger charge is -2.08. The van der Waals surface area contributed by atoms with Crippen molar-refractivity contribution in [3.8, 4) is 0 Å². The van der Waals surface area contributed by atoms with Crippen molar-refractivity contribution in [1.29, 1.82) is 0 Å². The molecule has 0 fully saturated rings. The van der Waals surface area contributed by atoms with Crippen LogP contribution in [0.5, 0.6) is 0 Å². The van der Waals surface area contributed by atoms with Gasteiger partial charge in [-0.1, -0.05) is 22.0 Å². The Morgan fingerprint density at radius 2 is 1.33 bits per heavy atom. The van der Waals surface area contributed by atoms with E-state index in [9.17, 15) is 9.59 Å². The van der Waals surface area contributed by atoms with Crippen LogP contribution in [-0.4, -0.2) is 11.8 Å². The second-order valence-electron chi connectivity index (χ2n) is 4.71. The summed E-state index contributed by atoms with van der Waals surface area (Å²) < 4.78 is 0.903. The number of rotatable bonds is 2. The minimum atomic E-state index is -0.699. The molecule has 2 aromatic rings. The van der Waals surface area contributed by atoms with E-state index >= 15 is 0 Å². The van der Waals surface area contributed by atoms with Crippen LogP contribution in [0.4, 0.5) is 11.4 Å². The molecular formula is C16H15BrN2O2. The minimum absolute atomic E-state index is 0.568. The lowest BCUT2D eigenvalue weighted by molar-refractivity contribution is -0.132. The van der Waals surface area contributed by atoms with Crippen molar-refractivity contribution in [2.75, 3.05) is 10.6 Å². The van der Waals surface area contributed by atoms with E-state index < -0.39 is 11.8 Å². The number of aryl methyl sites for hydroxylation is 2. The molecule has 108 valence electrons. The number of amides is 2. The Bertz CT molecular complexity index is 681. The molecule has 21 heavy (non-hydrogen) atoms. The molecule has 0 spiro atoms. The molecule has 2 aromatic carbocycles. The van der Waals surface area contributed by atoms with Gasteiger partial charge >= 0.3 is 11.8 Å². The molecular weight excluding hydrogens is 332 g/mol. The van der Waals surface area contributed by atoms with Gasteiger partial charge in [-0.15, -0.1) is 0 Å². The highest BCUT2D eigenvalue weighted by Crippen LogP contribution is 2.15. The van der Waals surface area contributed by atoms with E-state index in [2.05, 4.69) is 26.6 Å². The highest BCUT2D eigenvalue weighted by Gasteiger charge is 2.14. The van der Waals surface area contributed by atoms with Gasteiger partial charge in [0.2, 0.25) is 0 Å². The minimum Gasteiger partial charge on any atom is -0.318 e. The van der Waals surface area contributed by atoms with E-state index in [0.29, 0.717) is 11.4 Å². The fourth-order valence-electron chi connectivity index (χ4n) is 1.73. The van der Waals surface area contributed by atoms with Crippen molar-refractivity contribution in [3.05, 3.63) is 58.1 Å². The fourth-order valence-corrected chi connectivity index (χ4v) is 1.99. The van der Waals surface area contributed by atoms with Crippen LogP contribution in [0.2, 0.25) is 0 Å². The number of hydrogen-bond donors (Lipinski definition) is 2. The lowest BCUT2D eigenvalue weighted by atomic mass is 10.1. The number of nitrogens with one attached hydrogen (secondary N) is 2. The topological polar surface area (TPSA) is 58.2 Å². The first-order valence-electron chi connectivity index (χ1n) is 6.41. The van der Waals surface area contributed by atoms with Crippen LogP contribution in [0.3, 0.4) is 0 Å². The third kappa shape index (κ3) is 4.16. The number of carbonyl (C=O) groups is 2. The SMILES string of the molecule is Cc1ccc(NC(=O)C(=O)Nc2ccc(Br)cc2)cc1C. The molecule has 0 aliphatic carbocycles. The average molecular weight is 347 g/mol. The zero-order valence-corrected chi connectivity index (χ0v) is 13.3. The highest BCUT2D eigenvalue weighted by molar-refractivity contribution is 9.10. The summed E-state index contributed by atoms with van der Waals surface area (Å²) in [7, 11) is 0. The fraction of sp³-hybridized carbons (Fsp3) is 0.125. The summed E-state index contributed by atoms with van der Waals surface area (Å²) in [5.41, 5.74) is 3.36. The van der Waals surface area contributed by atoms with Crippen molar-refractivity contribution >= 4 is 39.1 Å². The predicted molar refractivity (Wildman–Crippen MR) is 87.3 cm³/mol. The lowest BCUT2D eigenvalue weighted by Crippen LogP contribution is -2.29. The summed E-state index contributed by atoms with van der Waals surface area (Å²) >= 11 is 3.31. The Kier molecular flexibility index (Phi) is 4.75. The molecule has 0 heterocycles. The summed E-state index contributed by atoms with van der Waals surface area (Å²) in [4.78, 5) is 23.7. The monoisotopic (exact) mass is 346 g/mol. The van der Waals surface area contributed by atoms with Gasteiger partial charge in [0, 0.05) is 15.8 Å². The van der Waals surface area contributed by atoms with Crippen LogP contribution in [0.25, 0.3) is 0 Å². The normalized spacial score (nSPS) is 10.0. The number of anilines is 2.